The molecular weight excluding hydrogens is 315 g/mol. The lowest BCUT2D eigenvalue weighted by atomic mass is 10.2. The first-order valence-corrected chi connectivity index (χ1v) is 7.95. The van der Waals surface area contributed by atoms with E-state index in [9.17, 15) is 22.4 Å². The summed E-state index contributed by atoms with van der Waals surface area (Å²) in [5.74, 6) is -2.05. The largest absolute Gasteiger partial charge is 0.481 e. The number of carbonyl (C=O) groups is 2. The number of carboxylic acid groups (broad SMARTS) is 1. The summed E-state index contributed by atoms with van der Waals surface area (Å²) in [5.41, 5.74) is 0. The molecule has 0 fully saturated rings. The Bertz CT molecular complexity index is 630. The topological polar surface area (TPSA) is 113 Å². The zero-order valence-electron chi connectivity index (χ0n) is 11.9. The highest BCUT2D eigenvalue weighted by molar-refractivity contribution is 7.89. The van der Waals surface area contributed by atoms with Gasteiger partial charge in [0.05, 0.1) is 11.3 Å². The quantitative estimate of drug-likeness (QED) is 0.641. The van der Waals surface area contributed by atoms with Crippen LogP contribution in [0.15, 0.2) is 29.2 Å². The van der Waals surface area contributed by atoms with Crippen LogP contribution in [-0.4, -0.2) is 38.0 Å². The number of carboxylic acids is 1. The predicted molar refractivity (Wildman–Crippen MR) is 76.1 cm³/mol. The number of hydrogen-bond acceptors (Lipinski definition) is 4. The van der Waals surface area contributed by atoms with E-state index < -0.39 is 33.8 Å². The van der Waals surface area contributed by atoms with E-state index in [-0.39, 0.29) is 24.3 Å². The molecule has 0 saturated carbocycles. The van der Waals surface area contributed by atoms with Crippen molar-refractivity contribution in [2.75, 3.05) is 6.54 Å². The van der Waals surface area contributed by atoms with E-state index in [0.717, 1.165) is 24.3 Å². The molecule has 0 aliphatic carbocycles. The van der Waals surface area contributed by atoms with Crippen molar-refractivity contribution in [1.29, 1.82) is 0 Å². The summed E-state index contributed by atoms with van der Waals surface area (Å²) in [4.78, 5) is 21.9. The second kappa shape index (κ2) is 7.85. The first kappa shape index (κ1) is 18.1. The van der Waals surface area contributed by atoms with Crippen molar-refractivity contribution in [2.24, 2.45) is 0 Å². The zero-order valence-corrected chi connectivity index (χ0v) is 12.7. The third-order valence-electron chi connectivity index (χ3n) is 2.66. The number of benzene rings is 1. The molecule has 0 aliphatic rings. The van der Waals surface area contributed by atoms with Crippen molar-refractivity contribution in [3.63, 3.8) is 0 Å². The minimum absolute atomic E-state index is 0.103. The Morgan fingerprint density at radius 2 is 1.86 bits per heavy atom. The van der Waals surface area contributed by atoms with Crippen LogP contribution in [0.1, 0.15) is 19.8 Å². The maximum Gasteiger partial charge on any atom is 0.305 e. The van der Waals surface area contributed by atoms with Crippen molar-refractivity contribution >= 4 is 21.9 Å². The Morgan fingerprint density at radius 3 is 2.41 bits per heavy atom. The molecule has 9 heteroatoms. The predicted octanol–water partition coefficient (Wildman–Crippen LogP) is 0.473. The Labute approximate surface area is 127 Å². The first-order valence-electron chi connectivity index (χ1n) is 6.47. The standard InChI is InChI=1S/C13H17FN2O5S/c1-9(8-13(18)19)16-12(17)6-7-15-22(20,21)11-4-2-10(14)3-5-11/h2-5,9,15H,6-8H2,1H3,(H,16,17)(H,18,19). The lowest BCUT2D eigenvalue weighted by Crippen LogP contribution is -2.36. The van der Waals surface area contributed by atoms with E-state index in [4.69, 9.17) is 5.11 Å². The molecule has 0 bridgehead atoms. The van der Waals surface area contributed by atoms with Gasteiger partial charge >= 0.3 is 5.97 Å². The van der Waals surface area contributed by atoms with Crippen molar-refractivity contribution < 1.29 is 27.5 Å². The SMILES string of the molecule is CC(CC(=O)O)NC(=O)CCNS(=O)(=O)c1ccc(F)cc1. The molecule has 1 amide bonds. The van der Waals surface area contributed by atoms with Crippen LogP contribution in [0.5, 0.6) is 0 Å². The highest BCUT2D eigenvalue weighted by Gasteiger charge is 2.15. The lowest BCUT2D eigenvalue weighted by molar-refractivity contribution is -0.137. The maximum atomic E-state index is 12.7. The van der Waals surface area contributed by atoms with Gasteiger partial charge in [-0.05, 0) is 31.2 Å². The van der Waals surface area contributed by atoms with Crippen LogP contribution in [0.2, 0.25) is 0 Å². The lowest BCUT2D eigenvalue weighted by Gasteiger charge is -2.12. The Hall–Kier alpha value is -2.00. The van der Waals surface area contributed by atoms with Crippen LogP contribution in [0.4, 0.5) is 4.39 Å². The van der Waals surface area contributed by atoms with Crippen LogP contribution in [-0.2, 0) is 19.6 Å². The van der Waals surface area contributed by atoms with Crippen LogP contribution in [0, 0.1) is 5.82 Å². The minimum atomic E-state index is -3.81. The molecule has 0 aliphatic heterocycles. The van der Waals surface area contributed by atoms with Crippen molar-refractivity contribution in [3.05, 3.63) is 30.1 Å². The van der Waals surface area contributed by atoms with Crippen molar-refractivity contribution in [3.8, 4) is 0 Å². The third kappa shape index (κ3) is 6.19. The fourth-order valence-corrected chi connectivity index (χ4v) is 2.69. The monoisotopic (exact) mass is 332 g/mol. The number of rotatable bonds is 8. The number of nitrogens with one attached hydrogen (secondary N) is 2. The number of carbonyl (C=O) groups excluding carboxylic acids is 1. The molecule has 0 aromatic heterocycles. The fraction of sp³-hybridized carbons (Fsp3) is 0.385. The second-order valence-electron chi connectivity index (χ2n) is 4.67. The number of hydrogen-bond donors (Lipinski definition) is 3. The van der Waals surface area contributed by atoms with Gasteiger partial charge in [-0.1, -0.05) is 0 Å². The number of amides is 1. The van der Waals surface area contributed by atoms with Gasteiger partial charge in [-0.25, -0.2) is 17.5 Å². The van der Waals surface area contributed by atoms with Gasteiger partial charge in [0, 0.05) is 19.0 Å². The highest BCUT2D eigenvalue weighted by atomic mass is 32.2. The average molecular weight is 332 g/mol. The average Bonchev–Trinajstić information content (AvgIpc) is 2.37. The van der Waals surface area contributed by atoms with Gasteiger partial charge in [-0.2, -0.15) is 0 Å². The van der Waals surface area contributed by atoms with E-state index in [1.165, 1.54) is 6.92 Å². The van der Waals surface area contributed by atoms with Gasteiger partial charge in [0.15, 0.2) is 0 Å². The molecule has 1 aromatic rings. The number of halogens is 1. The highest BCUT2D eigenvalue weighted by Crippen LogP contribution is 2.09. The molecule has 7 nitrogen and oxygen atoms in total. The Kier molecular flexibility index (Phi) is 6.44. The van der Waals surface area contributed by atoms with Crippen molar-refractivity contribution in [2.45, 2.75) is 30.7 Å². The molecule has 1 rings (SSSR count). The van der Waals surface area contributed by atoms with E-state index in [1.807, 2.05) is 0 Å². The molecular formula is C13H17FN2O5S. The molecule has 1 atom stereocenters. The van der Waals surface area contributed by atoms with Gasteiger partial charge in [0.25, 0.3) is 0 Å². The van der Waals surface area contributed by atoms with E-state index >= 15 is 0 Å². The fourth-order valence-electron chi connectivity index (χ4n) is 1.66. The summed E-state index contributed by atoms with van der Waals surface area (Å²) < 4.78 is 38.6. The summed E-state index contributed by atoms with van der Waals surface area (Å²) in [5, 5.41) is 11.0. The molecule has 0 radical (unpaired) electrons. The van der Waals surface area contributed by atoms with E-state index in [0.29, 0.717) is 0 Å². The molecule has 0 heterocycles. The summed E-state index contributed by atoms with van der Waals surface area (Å²) in [6.07, 6.45) is -0.350. The van der Waals surface area contributed by atoms with Crippen LogP contribution in [0.3, 0.4) is 0 Å². The summed E-state index contributed by atoms with van der Waals surface area (Å²) in [7, 11) is -3.81. The molecule has 3 N–H and O–H groups in total. The molecule has 0 spiro atoms. The summed E-state index contributed by atoms with van der Waals surface area (Å²) in [6.45, 7) is 1.39. The van der Waals surface area contributed by atoms with Gasteiger partial charge in [0.1, 0.15) is 5.82 Å². The van der Waals surface area contributed by atoms with E-state index in [1.54, 1.807) is 0 Å². The van der Waals surface area contributed by atoms with Crippen LogP contribution in [0.25, 0.3) is 0 Å². The third-order valence-corrected chi connectivity index (χ3v) is 4.13. The van der Waals surface area contributed by atoms with Gasteiger partial charge < -0.3 is 10.4 Å². The molecule has 0 saturated heterocycles. The normalized spacial score (nSPS) is 12.6. The number of aliphatic carboxylic acids is 1. The molecule has 122 valence electrons. The van der Waals surface area contributed by atoms with Gasteiger partial charge in [0.2, 0.25) is 15.9 Å². The molecule has 1 unspecified atom stereocenters. The Balaban J connectivity index is 2.44. The maximum absolute atomic E-state index is 12.7. The van der Waals surface area contributed by atoms with Gasteiger partial charge in [-0.3, -0.25) is 9.59 Å². The first-order chi connectivity index (χ1) is 10.2. The van der Waals surface area contributed by atoms with Crippen LogP contribution >= 0.6 is 0 Å². The summed E-state index contributed by atoms with van der Waals surface area (Å²) >= 11 is 0. The van der Waals surface area contributed by atoms with Gasteiger partial charge in [-0.15, -0.1) is 0 Å². The van der Waals surface area contributed by atoms with Crippen molar-refractivity contribution in [1.82, 2.24) is 10.0 Å². The Morgan fingerprint density at radius 1 is 1.27 bits per heavy atom. The molecule has 1 aromatic carbocycles. The summed E-state index contributed by atoms with van der Waals surface area (Å²) in [6, 6.07) is 3.74. The second-order valence-corrected chi connectivity index (χ2v) is 6.44. The zero-order chi connectivity index (χ0) is 16.8. The minimum Gasteiger partial charge on any atom is -0.481 e. The smallest absolute Gasteiger partial charge is 0.305 e. The van der Waals surface area contributed by atoms with E-state index in [2.05, 4.69) is 10.0 Å². The number of sulfonamides is 1. The van der Waals surface area contributed by atoms with Crippen LogP contribution < -0.4 is 10.0 Å². The molecule has 22 heavy (non-hydrogen) atoms.